The zero-order chi connectivity index (χ0) is 5.61. The van der Waals surface area contributed by atoms with Crippen molar-refractivity contribution >= 4 is 0 Å². The van der Waals surface area contributed by atoms with Gasteiger partial charge < -0.3 is 5.32 Å². The van der Waals surface area contributed by atoms with Gasteiger partial charge in [-0.3, -0.25) is 0 Å². The van der Waals surface area contributed by atoms with Crippen molar-refractivity contribution in [3.05, 3.63) is 0 Å². The molecule has 1 spiro atoms. The van der Waals surface area contributed by atoms with Crippen LogP contribution in [0.3, 0.4) is 0 Å². The molecule has 0 amide bonds. The van der Waals surface area contributed by atoms with Crippen molar-refractivity contribution in [3.63, 3.8) is 0 Å². The van der Waals surface area contributed by atoms with Gasteiger partial charge in [-0.05, 0) is 38.1 Å². The van der Waals surface area contributed by atoms with E-state index in [1.165, 1.54) is 25.7 Å². The Morgan fingerprint density at radius 1 is 1.38 bits per heavy atom. The molecule has 1 heteroatoms. The molecule has 0 aromatic carbocycles. The Morgan fingerprint density at radius 3 is 2.25 bits per heavy atom. The number of nitrogens with one attached hydrogen (secondary N) is 1. The Hall–Kier alpha value is -0.0400. The molecule has 46 valence electrons. The van der Waals surface area contributed by atoms with Gasteiger partial charge in [0.1, 0.15) is 0 Å². The van der Waals surface area contributed by atoms with Gasteiger partial charge in [-0.2, -0.15) is 0 Å². The second-order valence-corrected chi connectivity index (χ2v) is 3.24. The zero-order valence-electron chi connectivity index (χ0n) is 5.41. The van der Waals surface area contributed by atoms with Crippen molar-refractivity contribution in [1.82, 2.24) is 5.32 Å². The van der Waals surface area contributed by atoms with Gasteiger partial charge in [0.05, 0.1) is 0 Å². The molecule has 1 nitrogen and oxygen atoms in total. The maximum Gasteiger partial charge on any atom is 0.0121 e. The molecule has 0 aliphatic heterocycles. The summed E-state index contributed by atoms with van der Waals surface area (Å²) in [5, 5.41) is 3.35. The Kier molecular flexibility index (Phi) is 0.762. The monoisotopic (exact) mass is 111 g/mol. The van der Waals surface area contributed by atoms with Gasteiger partial charge in [0.2, 0.25) is 0 Å². The van der Waals surface area contributed by atoms with Crippen LogP contribution in [0.5, 0.6) is 0 Å². The molecule has 2 saturated carbocycles. The molecule has 0 bridgehead atoms. The predicted molar refractivity (Wildman–Crippen MR) is 33.7 cm³/mol. The summed E-state index contributed by atoms with van der Waals surface area (Å²) in [6.07, 6.45) is 5.92. The summed E-state index contributed by atoms with van der Waals surface area (Å²) in [7, 11) is 2.09. The predicted octanol–water partition coefficient (Wildman–Crippen LogP) is 1.15. The van der Waals surface area contributed by atoms with E-state index in [4.69, 9.17) is 0 Å². The minimum Gasteiger partial charge on any atom is -0.316 e. The summed E-state index contributed by atoms with van der Waals surface area (Å²) in [4.78, 5) is 0. The molecule has 2 rings (SSSR count). The van der Waals surface area contributed by atoms with Crippen LogP contribution in [0.2, 0.25) is 0 Å². The normalized spacial score (nSPS) is 39.4. The van der Waals surface area contributed by atoms with Crippen LogP contribution in [0.15, 0.2) is 0 Å². The van der Waals surface area contributed by atoms with Crippen molar-refractivity contribution in [3.8, 4) is 0 Å². The molecule has 0 aromatic heterocycles. The zero-order valence-corrected chi connectivity index (χ0v) is 5.41. The van der Waals surface area contributed by atoms with E-state index in [2.05, 4.69) is 12.4 Å². The lowest BCUT2D eigenvalue weighted by atomic mass is 9.76. The largest absolute Gasteiger partial charge is 0.316 e. The van der Waals surface area contributed by atoms with E-state index in [1.807, 2.05) is 0 Å². The summed E-state index contributed by atoms with van der Waals surface area (Å²) in [5.74, 6) is 0. The highest BCUT2D eigenvalue weighted by Crippen LogP contribution is 2.60. The smallest absolute Gasteiger partial charge is 0.0121 e. The first kappa shape index (κ1) is 4.80. The minimum atomic E-state index is 0.828. The average Bonchev–Trinajstić information content (AvgIpc) is 2.42. The van der Waals surface area contributed by atoms with E-state index in [0.29, 0.717) is 0 Å². The first-order valence-corrected chi connectivity index (χ1v) is 3.55. The molecule has 0 saturated heterocycles. The maximum atomic E-state index is 3.35. The minimum absolute atomic E-state index is 0.828. The number of hydrogen-bond donors (Lipinski definition) is 1. The standard InChI is InChI=1S/C7H13N/c1-8-6-2-3-7(6)4-5-7/h6,8H,2-5H2,1H3. The second kappa shape index (κ2) is 1.27. The highest BCUT2D eigenvalue weighted by Gasteiger charge is 2.54. The third-order valence-electron chi connectivity index (χ3n) is 2.91. The Balaban J connectivity index is 1.98. The molecule has 2 aliphatic carbocycles. The molecule has 1 N–H and O–H groups in total. The lowest BCUT2D eigenvalue weighted by Crippen LogP contribution is -2.43. The van der Waals surface area contributed by atoms with Gasteiger partial charge in [0.15, 0.2) is 0 Å². The Bertz CT molecular complexity index is 103. The second-order valence-electron chi connectivity index (χ2n) is 3.24. The summed E-state index contributed by atoms with van der Waals surface area (Å²) in [6.45, 7) is 0. The first-order chi connectivity index (χ1) is 3.87. The lowest BCUT2D eigenvalue weighted by molar-refractivity contribution is 0.195. The van der Waals surface area contributed by atoms with Crippen LogP contribution in [-0.4, -0.2) is 13.1 Å². The summed E-state index contributed by atoms with van der Waals surface area (Å²) in [5.41, 5.74) is 0.828. The molecule has 2 fully saturated rings. The van der Waals surface area contributed by atoms with Crippen LogP contribution in [-0.2, 0) is 0 Å². The van der Waals surface area contributed by atoms with Gasteiger partial charge in [0.25, 0.3) is 0 Å². The van der Waals surface area contributed by atoms with Crippen molar-refractivity contribution in [1.29, 1.82) is 0 Å². The molecule has 8 heavy (non-hydrogen) atoms. The van der Waals surface area contributed by atoms with Crippen LogP contribution in [0.1, 0.15) is 25.7 Å². The van der Waals surface area contributed by atoms with Crippen LogP contribution in [0, 0.1) is 5.41 Å². The van der Waals surface area contributed by atoms with E-state index in [-0.39, 0.29) is 0 Å². The van der Waals surface area contributed by atoms with Crippen LogP contribution < -0.4 is 5.32 Å². The molecular formula is C7H13N. The van der Waals surface area contributed by atoms with Crippen LogP contribution in [0.4, 0.5) is 0 Å². The highest BCUT2D eigenvalue weighted by atomic mass is 14.9. The quantitative estimate of drug-likeness (QED) is 0.535. The summed E-state index contributed by atoms with van der Waals surface area (Å²) < 4.78 is 0. The van der Waals surface area contributed by atoms with Crippen LogP contribution in [0.25, 0.3) is 0 Å². The molecule has 1 atom stereocenters. The maximum absolute atomic E-state index is 3.35. The molecule has 0 aromatic rings. The van der Waals surface area contributed by atoms with E-state index in [0.717, 1.165) is 11.5 Å². The van der Waals surface area contributed by atoms with Gasteiger partial charge in [0, 0.05) is 6.04 Å². The molecule has 0 heterocycles. The third-order valence-corrected chi connectivity index (χ3v) is 2.91. The van der Waals surface area contributed by atoms with E-state index >= 15 is 0 Å². The van der Waals surface area contributed by atoms with Crippen LogP contribution >= 0.6 is 0 Å². The molecule has 0 radical (unpaired) electrons. The van der Waals surface area contributed by atoms with Gasteiger partial charge in [-0.15, -0.1) is 0 Å². The lowest BCUT2D eigenvalue weighted by Gasteiger charge is -2.36. The van der Waals surface area contributed by atoms with E-state index in [9.17, 15) is 0 Å². The number of rotatable bonds is 1. The Morgan fingerprint density at radius 2 is 2.12 bits per heavy atom. The van der Waals surface area contributed by atoms with Gasteiger partial charge >= 0.3 is 0 Å². The topological polar surface area (TPSA) is 12.0 Å². The highest BCUT2D eigenvalue weighted by molar-refractivity contribution is 5.09. The summed E-state index contributed by atoms with van der Waals surface area (Å²) in [6, 6.07) is 0.891. The van der Waals surface area contributed by atoms with E-state index < -0.39 is 0 Å². The van der Waals surface area contributed by atoms with Crippen molar-refractivity contribution < 1.29 is 0 Å². The average molecular weight is 111 g/mol. The fourth-order valence-electron chi connectivity index (χ4n) is 1.91. The van der Waals surface area contributed by atoms with Crippen molar-refractivity contribution in [2.24, 2.45) is 5.41 Å². The Labute approximate surface area is 50.5 Å². The van der Waals surface area contributed by atoms with Gasteiger partial charge in [-0.25, -0.2) is 0 Å². The molecule has 2 aliphatic rings. The van der Waals surface area contributed by atoms with Crippen molar-refractivity contribution in [2.45, 2.75) is 31.7 Å². The SMILES string of the molecule is CNC1CCC12CC2. The fraction of sp³-hybridized carbons (Fsp3) is 1.00. The fourth-order valence-corrected chi connectivity index (χ4v) is 1.91. The van der Waals surface area contributed by atoms with Gasteiger partial charge in [-0.1, -0.05) is 0 Å². The third kappa shape index (κ3) is 0.408. The first-order valence-electron chi connectivity index (χ1n) is 3.55. The molecule has 1 unspecified atom stereocenters. The van der Waals surface area contributed by atoms with Crippen molar-refractivity contribution in [2.75, 3.05) is 7.05 Å². The molecular weight excluding hydrogens is 98.1 g/mol. The van der Waals surface area contributed by atoms with E-state index in [1.54, 1.807) is 0 Å². The summed E-state index contributed by atoms with van der Waals surface area (Å²) >= 11 is 0. The number of hydrogen-bond acceptors (Lipinski definition) is 1.